The van der Waals surface area contributed by atoms with E-state index in [4.69, 9.17) is 10.3 Å². The zero-order chi connectivity index (χ0) is 15.9. The van der Waals surface area contributed by atoms with E-state index in [9.17, 15) is 4.79 Å². The van der Waals surface area contributed by atoms with E-state index in [0.29, 0.717) is 18.1 Å². The van der Waals surface area contributed by atoms with Crippen LogP contribution >= 0.6 is 0 Å². The minimum Gasteiger partial charge on any atom is -0.462 e. The summed E-state index contributed by atoms with van der Waals surface area (Å²) in [6, 6.07) is 6.91. The highest BCUT2D eigenvalue weighted by atomic mass is 16.5. The van der Waals surface area contributed by atoms with Gasteiger partial charge in [-0.1, -0.05) is 36.7 Å². The first-order chi connectivity index (χ1) is 10.7. The van der Waals surface area contributed by atoms with Gasteiger partial charge in [0, 0.05) is 4.91 Å². The summed E-state index contributed by atoms with van der Waals surface area (Å²) in [6.07, 6.45) is 4.50. The van der Waals surface area contributed by atoms with Crippen LogP contribution in [0.1, 0.15) is 48.5 Å². The molecular formula is C17H21N3O2. The van der Waals surface area contributed by atoms with Gasteiger partial charge in [-0.2, -0.15) is 0 Å². The van der Waals surface area contributed by atoms with E-state index in [1.807, 2.05) is 12.1 Å². The molecule has 0 amide bonds. The van der Waals surface area contributed by atoms with Crippen LogP contribution in [-0.4, -0.2) is 18.6 Å². The molecule has 0 saturated heterocycles. The number of carbonyl (C=O) groups is 1. The molecule has 1 aliphatic rings. The highest BCUT2D eigenvalue weighted by Crippen LogP contribution is 2.35. The predicted octanol–water partition coefficient (Wildman–Crippen LogP) is 4.75. The average molecular weight is 299 g/mol. The number of benzene rings is 1. The highest BCUT2D eigenvalue weighted by Gasteiger charge is 2.26. The third kappa shape index (κ3) is 3.68. The molecule has 5 nitrogen and oxygen atoms in total. The predicted molar refractivity (Wildman–Crippen MR) is 86.3 cm³/mol. The van der Waals surface area contributed by atoms with Crippen LogP contribution in [0.4, 0.5) is 0 Å². The van der Waals surface area contributed by atoms with Crippen molar-refractivity contribution in [3.05, 3.63) is 52.4 Å². The molecule has 0 bridgehead atoms. The van der Waals surface area contributed by atoms with Crippen molar-refractivity contribution in [1.82, 2.24) is 0 Å². The van der Waals surface area contributed by atoms with Gasteiger partial charge in [-0.05, 0) is 54.5 Å². The number of esters is 1. The fourth-order valence-corrected chi connectivity index (χ4v) is 2.98. The summed E-state index contributed by atoms with van der Waals surface area (Å²) in [7, 11) is 0. The minimum atomic E-state index is -0.331. The van der Waals surface area contributed by atoms with E-state index in [0.717, 1.165) is 24.0 Å². The molecule has 1 aromatic rings. The first-order valence-electron chi connectivity index (χ1n) is 7.68. The Bertz CT molecular complexity index is 582. The summed E-state index contributed by atoms with van der Waals surface area (Å²) in [6.45, 7) is 6.25. The van der Waals surface area contributed by atoms with Gasteiger partial charge in [-0.15, -0.1) is 0 Å². The molecular weight excluding hydrogens is 278 g/mol. The van der Waals surface area contributed by atoms with Crippen molar-refractivity contribution in [3.8, 4) is 0 Å². The van der Waals surface area contributed by atoms with Crippen molar-refractivity contribution in [2.45, 2.75) is 38.6 Å². The average Bonchev–Trinajstić information content (AvgIpc) is 3.06. The number of ether oxygens (including phenoxy) is 1. The van der Waals surface area contributed by atoms with Crippen molar-refractivity contribution in [3.63, 3.8) is 0 Å². The molecule has 5 heteroatoms. The summed E-state index contributed by atoms with van der Waals surface area (Å²) in [5.41, 5.74) is 11.1. The lowest BCUT2D eigenvalue weighted by Crippen LogP contribution is -2.16. The van der Waals surface area contributed by atoms with Gasteiger partial charge < -0.3 is 4.74 Å². The first-order valence-corrected chi connectivity index (χ1v) is 7.68. The number of carbonyl (C=O) groups excluding carboxylic acids is 1. The summed E-state index contributed by atoms with van der Waals surface area (Å²) in [5, 5.41) is 3.96. The van der Waals surface area contributed by atoms with E-state index in [1.165, 1.54) is 12.8 Å². The van der Waals surface area contributed by atoms with Gasteiger partial charge in [0.1, 0.15) is 0 Å². The molecule has 116 valence electrons. The Morgan fingerprint density at radius 2 is 1.95 bits per heavy atom. The van der Waals surface area contributed by atoms with Crippen LogP contribution in [0.25, 0.3) is 16.0 Å². The van der Waals surface area contributed by atoms with E-state index in [2.05, 4.69) is 16.6 Å². The summed E-state index contributed by atoms with van der Waals surface area (Å²) in [5.74, 6) is 0.0372. The van der Waals surface area contributed by atoms with Gasteiger partial charge in [0.2, 0.25) is 0 Å². The number of hydrogen-bond donors (Lipinski definition) is 0. The van der Waals surface area contributed by atoms with Crippen molar-refractivity contribution in [2.24, 2.45) is 11.0 Å². The SMILES string of the molecule is C=C(c1ccc(C(=O)OCC)cc1)C(N=[N+]=[N-])C1CCCC1. The maximum atomic E-state index is 11.7. The number of rotatable bonds is 6. The zero-order valence-electron chi connectivity index (χ0n) is 12.9. The van der Waals surface area contributed by atoms with Gasteiger partial charge in [0.15, 0.2) is 0 Å². The molecule has 1 atom stereocenters. The van der Waals surface area contributed by atoms with Crippen LogP contribution in [0, 0.1) is 5.92 Å². The summed E-state index contributed by atoms with van der Waals surface area (Å²) >= 11 is 0. The molecule has 1 saturated carbocycles. The van der Waals surface area contributed by atoms with Crippen molar-refractivity contribution >= 4 is 11.5 Å². The maximum absolute atomic E-state index is 11.7. The number of azide groups is 1. The van der Waals surface area contributed by atoms with Crippen LogP contribution in [-0.2, 0) is 4.74 Å². The van der Waals surface area contributed by atoms with Crippen molar-refractivity contribution in [1.29, 1.82) is 0 Å². The van der Waals surface area contributed by atoms with E-state index >= 15 is 0 Å². The molecule has 1 fully saturated rings. The third-order valence-electron chi connectivity index (χ3n) is 4.15. The Balaban J connectivity index is 2.16. The van der Waals surface area contributed by atoms with Crippen LogP contribution in [0.3, 0.4) is 0 Å². The Kier molecular flexibility index (Phi) is 5.61. The van der Waals surface area contributed by atoms with Crippen molar-refractivity contribution in [2.75, 3.05) is 6.61 Å². The summed E-state index contributed by atoms with van der Waals surface area (Å²) < 4.78 is 4.97. The van der Waals surface area contributed by atoms with Gasteiger partial charge in [0.25, 0.3) is 0 Å². The lowest BCUT2D eigenvalue weighted by atomic mass is 9.89. The molecule has 0 aromatic heterocycles. The zero-order valence-corrected chi connectivity index (χ0v) is 12.9. The van der Waals surface area contributed by atoms with E-state index in [1.54, 1.807) is 19.1 Å². The molecule has 1 aliphatic carbocycles. The Labute approximate surface area is 130 Å². The largest absolute Gasteiger partial charge is 0.462 e. The van der Waals surface area contributed by atoms with E-state index in [-0.39, 0.29) is 12.0 Å². The van der Waals surface area contributed by atoms with Gasteiger partial charge in [-0.3, -0.25) is 0 Å². The molecule has 0 N–H and O–H groups in total. The van der Waals surface area contributed by atoms with Gasteiger partial charge in [0.05, 0.1) is 18.2 Å². The normalized spacial score (nSPS) is 15.9. The maximum Gasteiger partial charge on any atom is 0.338 e. The van der Waals surface area contributed by atoms with Crippen LogP contribution < -0.4 is 0 Å². The third-order valence-corrected chi connectivity index (χ3v) is 4.15. The molecule has 22 heavy (non-hydrogen) atoms. The quantitative estimate of drug-likeness (QED) is 0.329. The summed E-state index contributed by atoms with van der Waals surface area (Å²) in [4.78, 5) is 14.6. The molecule has 0 aliphatic heterocycles. The highest BCUT2D eigenvalue weighted by molar-refractivity contribution is 5.89. The topological polar surface area (TPSA) is 75.1 Å². The Morgan fingerprint density at radius 3 is 2.50 bits per heavy atom. The fourth-order valence-electron chi connectivity index (χ4n) is 2.98. The fraction of sp³-hybridized carbons (Fsp3) is 0.471. The second-order valence-corrected chi connectivity index (χ2v) is 5.52. The second kappa shape index (κ2) is 7.66. The molecule has 0 radical (unpaired) electrons. The van der Waals surface area contributed by atoms with E-state index < -0.39 is 0 Å². The standard InChI is InChI=1S/C17H21N3O2/c1-3-22-17(21)15-10-8-13(9-11-15)12(2)16(19-20-18)14-6-4-5-7-14/h8-11,14,16H,2-7H2,1H3. The minimum absolute atomic E-state index is 0.207. The van der Waals surface area contributed by atoms with Crippen LogP contribution in [0.5, 0.6) is 0 Å². The molecule has 2 rings (SSSR count). The molecule has 0 heterocycles. The first kappa shape index (κ1) is 16.1. The number of hydrogen-bond acceptors (Lipinski definition) is 3. The van der Waals surface area contributed by atoms with Crippen molar-refractivity contribution < 1.29 is 9.53 Å². The monoisotopic (exact) mass is 299 g/mol. The molecule has 0 spiro atoms. The van der Waals surface area contributed by atoms with Crippen LogP contribution in [0.15, 0.2) is 36.0 Å². The lowest BCUT2D eigenvalue weighted by molar-refractivity contribution is 0.0526. The molecule has 1 unspecified atom stereocenters. The number of nitrogens with zero attached hydrogens (tertiary/aromatic N) is 3. The molecule has 1 aromatic carbocycles. The van der Waals surface area contributed by atoms with Gasteiger partial charge in [-0.25, -0.2) is 4.79 Å². The van der Waals surface area contributed by atoms with Crippen LogP contribution in [0.2, 0.25) is 0 Å². The second-order valence-electron chi connectivity index (χ2n) is 5.52. The smallest absolute Gasteiger partial charge is 0.338 e. The Hall–Kier alpha value is -2.26. The lowest BCUT2D eigenvalue weighted by Gasteiger charge is -2.21. The Morgan fingerprint density at radius 1 is 1.36 bits per heavy atom. The van der Waals surface area contributed by atoms with Gasteiger partial charge >= 0.3 is 5.97 Å².